The molecule has 0 spiro atoms. The van der Waals surface area contributed by atoms with Crippen LogP contribution in [-0.2, 0) is 6.54 Å². The lowest BCUT2D eigenvalue weighted by atomic mass is 10.2. The Morgan fingerprint density at radius 1 is 0.885 bits per heavy atom. The summed E-state index contributed by atoms with van der Waals surface area (Å²) in [5, 5.41) is 5.10. The number of hydrogen-bond acceptors (Lipinski definition) is 2. The van der Waals surface area contributed by atoms with Gasteiger partial charge in [0.2, 0.25) is 0 Å². The van der Waals surface area contributed by atoms with Crippen LogP contribution in [0.25, 0.3) is 0 Å². The summed E-state index contributed by atoms with van der Waals surface area (Å²) in [4.78, 5) is 11.9. The Bertz CT molecular complexity index is 884. The molecule has 26 heavy (non-hydrogen) atoms. The van der Waals surface area contributed by atoms with Crippen molar-refractivity contribution in [2.45, 2.75) is 6.54 Å². The van der Waals surface area contributed by atoms with Crippen molar-refractivity contribution in [3.8, 4) is 11.5 Å². The second-order valence-corrected chi connectivity index (χ2v) is 5.48. The van der Waals surface area contributed by atoms with E-state index in [-0.39, 0.29) is 12.1 Å². The van der Waals surface area contributed by atoms with E-state index >= 15 is 0 Å². The average Bonchev–Trinajstić information content (AvgIpc) is 2.65. The molecule has 3 aromatic carbocycles. The average molecular weight is 354 g/mol. The number of halogens is 2. The van der Waals surface area contributed by atoms with Crippen molar-refractivity contribution in [2.75, 3.05) is 5.32 Å². The van der Waals surface area contributed by atoms with E-state index in [2.05, 4.69) is 10.6 Å². The molecule has 0 bridgehead atoms. The highest BCUT2D eigenvalue weighted by molar-refractivity contribution is 5.89. The van der Waals surface area contributed by atoms with Gasteiger partial charge in [0.15, 0.2) is 0 Å². The van der Waals surface area contributed by atoms with E-state index in [0.717, 1.165) is 18.2 Å². The zero-order valence-electron chi connectivity index (χ0n) is 13.7. The molecule has 0 saturated heterocycles. The fourth-order valence-corrected chi connectivity index (χ4v) is 2.26. The van der Waals surface area contributed by atoms with Crippen LogP contribution in [0.1, 0.15) is 5.56 Å². The van der Waals surface area contributed by atoms with Gasteiger partial charge in [-0.1, -0.05) is 18.2 Å². The topological polar surface area (TPSA) is 50.4 Å². The number of rotatable bonds is 5. The molecule has 0 saturated carbocycles. The maximum Gasteiger partial charge on any atom is 0.319 e. The largest absolute Gasteiger partial charge is 0.457 e. The van der Waals surface area contributed by atoms with E-state index in [1.165, 1.54) is 0 Å². The first-order valence-corrected chi connectivity index (χ1v) is 7.92. The third-order valence-corrected chi connectivity index (χ3v) is 3.54. The molecule has 0 aliphatic rings. The Morgan fingerprint density at radius 2 is 1.58 bits per heavy atom. The van der Waals surface area contributed by atoms with Gasteiger partial charge in [-0.25, -0.2) is 13.6 Å². The summed E-state index contributed by atoms with van der Waals surface area (Å²) >= 11 is 0. The molecule has 0 aliphatic carbocycles. The molecule has 3 aromatic rings. The van der Waals surface area contributed by atoms with Crippen molar-refractivity contribution >= 4 is 11.7 Å². The van der Waals surface area contributed by atoms with Crippen molar-refractivity contribution in [3.63, 3.8) is 0 Å². The van der Waals surface area contributed by atoms with Crippen molar-refractivity contribution in [3.05, 3.63) is 90.0 Å². The van der Waals surface area contributed by atoms with Crippen molar-refractivity contribution in [1.82, 2.24) is 5.32 Å². The molecule has 0 heterocycles. The van der Waals surface area contributed by atoms with Crippen LogP contribution in [0.5, 0.6) is 11.5 Å². The Kier molecular flexibility index (Phi) is 5.43. The fraction of sp³-hybridized carbons (Fsp3) is 0.0500. The number of ether oxygens (including phenoxy) is 1. The minimum atomic E-state index is -0.575. The summed E-state index contributed by atoms with van der Waals surface area (Å²) in [7, 11) is 0. The maximum absolute atomic E-state index is 13.5. The quantitative estimate of drug-likeness (QED) is 0.671. The number of carbonyl (C=O) groups excluding carboxylic acids is 1. The van der Waals surface area contributed by atoms with Gasteiger partial charge in [0.05, 0.1) is 0 Å². The van der Waals surface area contributed by atoms with Gasteiger partial charge in [0.1, 0.15) is 23.1 Å². The number of urea groups is 1. The van der Waals surface area contributed by atoms with Gasteiger partial charge in [-0.2, -0.15) is 0 Å². The Labute approximate surface area is 149 Å². The molecule has 132 valence electrons. The minimum absolute atomic E-state index is 0.0757. The highest BCUT2D eigenvalue weighted by atomic mass is 19.1. The third-order valence-electron chi connectivity index (χ3n) is 3.54. The Hall–Kier alpha value is -3.41. The monoisotopic (exact) mass is 354 g/mol. The summed E-state index contributed by atoms with van der Waals surface area (Å²) in [5.41, 5.74) is 0.620. The third kappa shape index (κ3) is 4.80. The molecule has 2 N–H and O–H groups in total. The molecule has 6 heteroatoms. The summed E-state index contributed by atoms with van der Waals surface area (Å²) < 4.78 is 32.3. The number of para-hydroxylation sites is 1. The van der Waals surface area contributed by atoms with Crippen LogP contribution in [-0.4, -0.2) is 6.03 Å². The van der Waals surface area contributed by atoms with Gasteiger partial charge in [0, 0.05) is 17.8 Å². The number of hydrogen-bond donors (Lipinski definition) is 2. The number of amides is 2. The van der Waals surface area contributed by atoms with Crippen LogP contribution in [0.15, 0.2) is 72.8 Å². The highest BCUT2D eigenvalue weighted by Crippen LogP contribution is 2.22. The summed E-state index contributed by atoms with van der Waals surface area (Å²) in [5.74, 6) is 0.207. The molecular formula is C20H16F2N2O2. The van der Waals surface area contributed by atoms with Crippen LogP contribution < -0.4 is 15.4 Å². The van der Waals surface area contributed by atoms with Crippen LogP contribution in [0.2, 0.25) is 0 Å². The highest BCUT2D eigenvalue weighted by Gasteiger charge is 2.07. The second-order valence-electron chi connectivity index (χ2n) is 5.48. The van der Waals surface area contributed by atoms with Gasteiger partial charge in [-0.3, -0.25) is 0 Å². The predicted octanol–water partition coefficient (Wildman–Crippen LogP) is 5.08. The molecule has 3 rings (SSSR count). The molecule has 2 amide bonds. The number of nitrogens with one attached hydrogen (secondary N) is 2. The van der Waals surface area contributed by atoms with Gasteiger partial charge in [0.25, 0.3) is 0 Å². The number of anilines is 1. The van der Waals surface area contributed by atoms with Crippen molar-refractivity contribution < 1.29 is 18.3 Å². The van der Waals surface area contributed by atoms with Crippen LogP contribution in [0, 0.1) is 11.6 Å². The zero-order valence-corrected chi connectivity index (χ0v) is 13.7. The molecule has 0 fully saturated rings. The molecule has 0 unspecified atom stereocenters. The summed E-state index contributed by atoms with van der Waals surface area (Å²) in [6, 6.07) is 18.7. The van der Waals surface area contributed by atoms with Gasteiger partial charge < -0.3 is 15.4 Å². The zero-order chi connectivity index (χ0) is 18.4. The van der Waals surface area contributed by atoms with E-state index < -0.39 is 17.7 Å². The summed E-state index contributed by atoms with van der Waals surface area (Å²) in [6.45, 7) is -0.120. The second kappa shape index (κ2) is 8.11. The van der Waals surface area contributed by atoms with E-state index in [9.17, 15) is 13.6 Å². The first kappa shape index (κ1) is 17.4. The summed E-state index contributed by atoms with van der Waals surface area (Å²) in [6.07, 6.45) is 0. The number of benzene rings is 3. The van der Waals surface area contributed by atoms with Crippen LogP contribution in [0.4, 0.5) is 19.3 Å². The first-order valence-electron chi connectivity index (χ1n) is 7.92. The lowest BCUT2D eigenvalue weighted by molar-refractivity contribution is 0.251. The van der Waals surface area contributed by atoms with Crippen molar-refractivity contribution in [2.24, 2.45) is 0 Å². The van der Waals surface area contributed by atoms with E-state index in [4.69, 9.17) is 4.74 Å². The van der Waals surface area contributed by atoms with E-state index in [1.54, 1.807) is 24.3 Å². The lowest BCUT2D eigenvalue weighted by Gasteiger charge is -2.10. The SMILES string of the molecule is O=C(NCc1cc(F)ccc1F)Nc1ccc(Oc2ccccc2)cc1. The van der Waals surface area contributed by atoms with Crippen LogP contribution >= 0.6 is 0 Å². The molecule has 0 aromatic heterocycles. The van der Waals surface area contributed by atoms with Gasteiger partial charge in [-0.15, -0.1) is 0 Å². The fourth-order valence-electron chi connectivity index (χ4n) is 2.26. The molecular weight excluding hydrogens is 338 g/mol. The smallest absolute Gasteiger partial charge is 0.319 e. The lowest BCUT2D eigenvalue weighted by Crippen LogP contribution is -2.28. The van der Waals surface area contributed by atoms with E-state index in [0.29, 0.717) is 17.2 Å². The molecule has 0 aliphatic heterocycles. The number of carbonyl (C=O) groups is 1. The Morgan fingerprint density at radius 3 is 2.31 bits per heavy atom. The van der Waals surface area contributed by atoms with Crippen LogP contribution in [0.3, 0.4) is 0 Å². The van der Waals surface area contributed by atoms with Crippen molar-refractivity contribution in [1.29, 1.82) is 0 Å². The van der Waals surface area contributed by atoms with Gasteiger partial charge in [-0.05, 0) is 54.6 Å². The van der Waals surface area contributed by atoms with E-state index in [1.807, 2.05) is 30.3 Å². The molecule has 0 atom stereocenters. The Balaban J connectivity index is 1.53. The predicted molar refractivity (Wildman–Crippen MR) is 95.2 cm³/mol. The normalized spacial score (nSPS) is 10.2. The molecule has 0 radical (unpaired) electrons. The molecule has 4 nitrogen and oxygen atoms in total. The standard InChI is InChI=1S/C20H16F2N2O2/c21-15-6-11-19(22)14(12-15)13-23-20(25)24-16-7-9-18(10-8-16)26-17-4-2-1-3-5-17/h1-12H,13H2,(H2,23,24,25). The first-order chi connectivity index (χ1) is 12.6. The minimum Gasteiger partial charge on any atom is -0.457 e. The maximum atomic E-state index is 13.5. The van der Waals surface area contributed by atoms with Gasteiger partial charge >= 0.3 is 6.03 Å².